The Labute approximate surface area is 184 Å². The molecule has 0 bridgehead atoms. The van der Waals surface area contributed by atoms with Crippen molar-refractivity contribution in [2.24, 2.45) is 10.9 Å². The topological polar surface area (TPSA) is 78.7 Å². The number of aliphatic imine (C=N–C) groups is 1. The van der Waals surface area contributed by atoms with Crippen molar-refractivity contribution in [1.82, 2.24) is 16.0 Å². The molecule has 0 aliphatic rings. The van der Waals surface area contributed by atoms with Crippen LogP contribution in [0.3, 0.4) is 0 Å². The van der Waals surface area contributed by atoms with Crippen molar-refractivity contribution in [3.05, 3.63) is 59.5 Å². The largest absolute Gasteiger partial charge is 0.467 e. The van der Waals surface area contributed by atoms with Gasteiger partial charge in [-0.25, -0.2) is 0 Å². The van der Waals surface area contributed by atoms with E-state index in [1.807, 2.05) is 24.3 Å². The number of rotatable bonds is 9. The molecule has 0 unspecified atom stereocenters. The summed E-state index contributed by atoms with van der Waals surface area (Å²) in [6, 6.07) is 11.2. The van der Waals surface area contributed by atoms with Crippen LogP contribution in [0.2, 0.25) is 0 Å². The number of guanidine groups is 1. The van der Waals surface area contributed by atoms with Gasteiger partial charge < -0.3 is 20.4 Å². The summed E-state index contributed by atoms with van der Waals surface area (Å²) >= 11 is 0. The minimum absolute atomic E-state index is 0. The highest BCUT2D eigenvalue weighted by Crippen LogP contribution is 2.07. The smallest absolute Gasteiger partial charge is 0.251 e. The summed E-state index contributed by atoms with van der Waals surface area (Å²) in [7, 11) is 1.76. The Balaban J connectivity index is 0.00000392. The van der Waals surface area contributed by atoms with Crippen LogP contribution in [0.5, 0.6) is 0 Å². The molecule has 0 aliphatic carbocycles. The average molecular weight is 498 g/mol. The van der Waals surface area contributed by atoms with E-state index in [-0.39, 0.29) is 29.9 Å². The maximum atomic E-state index is 12.3. The SMILES string of the molecule is CN=C(NCCCC(C)C)NCc1cccc(C(=O)NCc2ccco2)c1.I. The lowest BCUT2D eigenvalue weighted by atomic mass is 10.1. The molecular formula is C21H31IN4O2. The summed E-state index contributed by atoms with van der Waals surface area (Å²) in [5, 5.41) is 9.46. The van der Waals surface area contributed by atoms with Crippen LogP contribution in [0, 0.1) is 5.92 Å². The fourth-order valence-electron chi connectivity index (χ4n) is 2.63. The molecule has 6 nitrogen and oxygen atoms in total. The number of carbonyl (C=O) groups is 1. The highest BCUT2D eigenvalue weighted by Gasteiger charge is 2.07. The Hall–Kier alpha value is -2.03. The van der Waals surface area contributed by atoms with Crippen molar-refractivity contribution in [3.63, 3.8) is 0 Å². The van der Waals surface area contributed by atoms with E-state index in [0.29, 0.717) is 24.6 Å². The molecule has 7 heteroatoms. The maximum Gasteiger partial charge on any atom is 0.251 e. The molecule has 0 saturated heterocycles. The van der Waals surface area contributed by atoms with Crippen molar-refractivity contribution in [1.29, 1.82) is 0 Å². The van der Waals surface area contributed by atoms with E-state index >= 15 is 0 Å². The summed E-state index contributed by atoms with van der Waals surface area (Å²) in [4.78, 5) is 16.5. The Morgan fingerprint density at radius 3 is 2.61 bits per heavy atom. The van der Waals surface area contributed by atoms with Gasteiger partial charge in [0.15, 0.2) is 5.96 Å². The quantitative estimate of drug-likeness (QED) is 0.212. The first kappa shape index (κ1) is 24.0. The van der Waals surface area contributed by atoms with Crippen molar-refractivity contribution < 1.29 is 9.21 Å². The van der Waals surface area contributed by atoms with E-state index in [9.17, 15) is 4.79 Å². The fourth-order valence-corrected chi connectivity index (χ4v) is 2.63. The number of nitrogens with one attached hydrogen (secondary N) is 3. The van der Waals surface area contributed by atoms with E-state index in [1.54, 1.807) is 25.4 Å². The monoisotopic (exact) mass is 498 g/mol. The summed E-state index contributed by atoms with van der Waals surface area (Å²) in [6.45, 7) is 6.33. The van der Waals surface area contributed by atoms with Gasteiger partial charge in [0.1, 0.15) is 5.76 Å². The second kappa shape index (κ2) is 13.2. The van der Waals surface area contributed by atoms with Crippen molar-refractivity contribution in [2.45, 2.75) is 39.8 Å². The average Bonchev–Trinajstić information content (AvgIpc) is 3.19. The van der Waals surface area contributed by atoms with Crippen LogP contribution in [0.4, 0.5) is 0 Å². The Bertz CT molecular complexity index is 730. The summed E-state index contributed by atoms with van der Waals surface area (Å²) in [5.41, 5.74) is 1.64. The molecule has 2 rings (SSSR count). The van der Waals surface area contributed by atoms with E-state index in [1.165, 1.54) is 6.42 Å². The lowest BCUT2D eigenvalue weighted by Crippen LogP contribution is -2.37. The molecule has 2 aromatic rings. The van der Waals surface area contributed by atoms with Crippen LogP contribution in [-0.4, -0.2) is 25.5 Å². The molecule has 28 heavy (non-hydrogen) atoms. The molecule has 1 aromatic carbocycles. The van der Waals surface area contributed by atoms with Gasteiger partial charge in [-0.05, 0) is 48.6 Å². The van der Waals surface area contributed by atoms with Crippen LogP contribution in [0.1, 0.15) is 48.4 Å². The first-order valence-electron chi connectivity index (χ1n) is 9.42. The van der Waals surface area contributed by atoms with Gasteiger partial charge in [0.2, 0.25) is 0 Å². The first-order valence-corrected chi connectivity index (χ1v) is 9.42. The standard InChI is InChI=1S/C21H30N4O2.HI/c1-16(2)7-5-11-23-21(22-3)25-14-17-8-4-9-18(13-17)20(26)24-15-19-10-6-12-27-19;/h4,6,8-10,12-13,16H,5,7,11,14-15H2,1-3H3,(H,24,26)(H2,22,23,25);1H. The lowest BCUT2D eigenvalue weighted by Gasteiger charge is -2.13. The Morgan fingerprint density at radius 1 is 1.11 bits per heavy atom. The number of halogens is 1. The van der Waals surface area contributed by atoms with E-state index < -0.39 is 0 Å². The number of furan rings is 1. The number of benzene rings is 1. The molecule has 3 N–H and O–H groups in total. The first-order chi connectivity index (χ1) is 13.1. The van der Waals surface area contributed by atoms with Gasteiger partial charge in [0.05, 0.1) is 12.8 Å². The van der Waals surface area contributed by atoms with Crippen LogP contribution in [0.15, 0.2) is 52.1 Å². The minimum Gasteiger partial charge on any atom is -0.467 e. The minimum atomic E-state index is -0.121. The van der Waals surface area contributed by atoms with Crippen LogP contribution in [0.25, 0.3) is 0 Å². The highest BCUT2D eigenvalue weighted by molar-refractivity contribution is 14.0. The zero-order valence-corrected chi connectivity index (χ0v) is 19.2. The van der Waals surface area contributed by atoms with Crippen molar-refractivity contribution in [3.8, 4) is 0 Å². The van der Waals surface area contributed by atoms with E-state index in [0.717, 1.165) is 30.2 Å². The van der Waals surface area contributed by atoms with Crippen molar-refractivity contribution in [2.75, 3.05) is 13.6 Å². The predicted octanol–water partition coefficient (Wildman–Crippen LogP) is 3.93. The summed E-state index contributed by atoms with van der Waals surface area (Å²) in [5.74, 6) is 2.09. The lowest BCUT2D eigenvalue weighted by molar-refractivity contribution is 0.0948. The molecule has 0 radical (unpaired) electrons. The van der Waals surface area contributed by atoms with Gasteiger partial charge in [0.25, 0.3) is 5.91 Å². The molecule has 0 atom stereocenters. The van der Waals surface area contributed by atoms with Gasteiger partial charge in [0, 0.05) is 25.7 Å². The number of hydrogen-bond acceptors (Lipinski definition) is 3. The number of amides is 1. The Morgan fingerprint density at radius 2 is 1.93 bits per heavy atom. The van der Waals surface area contributed by atoms with Crippen LogP contribution in [-0.2, 0) is 13.1 Å². The zero-order valence-electron chi connectivity index (χ0n) is 16.8. The number of nitrogens with zero attached hydrogens (tertiary/aromatic N) is 1. The van der Waals surface area contributed by atoms with Crippen LogP contribution < -0.4 is 16.0 Å². The van der Waals surface area contributed by atoms with Gasteiger partial charge >= 0.3 is 0 Å². The Kier molecular flexibility index (Phi) is 11.3. The molecule has 0 saturated carbocycles. The molecule has 154 valence electrons. The zero-order chi connectivity index (χ0) is 19.5. The van der Waals surface area contributed by atoms with Gasteiger partial charge in [-0.1, -0.05) is 26.0 Å². The third kappa shape index (κ3) is 8.77. The molecular weight excluding hydrogens is 467 g/mol. The second-order valence-corrected chi connectivity index (χ2v) is 6.85. The van der Waals surface area contributed by atoms with E-state index in [4.69, 9.17) is 4.42 Å². The molecule has 0 spiro atoms. The van der Waals surface area contributed by atoms with Gasteiger partial charge in [-0.15, -0.1) is 24.0 Å². The molecule has 1 heterocycles. The summed E-state index contributed by atoms with van der Waals surface area (Å²) < 4.78 is 5.23. The highest BCUT2D eigenvalue weighted by atomic mass is 127. The third-order valence-electron chi connectivity index (χ3n) is 4.13. The third-order valence-corrected chi connectivity index (χ3v) is 4.13. The number of carbonyl (C=O) groups excluding carboxylic acids is 1. The molecule has 1 aromatic heterocycles. The second-order valence-electron chi connectivity index (χ2n) is 6.85. The molecule has 1 amide bonds. The van der Waals surface area contributed by atoms with Gasteiger partial charge in [-0.2, -0.15) is 0 Å². The molecule has 0 aliphatic heterocycles. The van der Waals surface area contributed by atoms with Crippen molar-refractivity contribution >= 4 is 35.8 Å². The maximum absolute atomic E-state index is 12.3. The van der Waals surface area contributed by atoms with E-state index in [2.05, 4.69) is 34.8 Å². The normalized spacial score (nSPS) is 11.1. The van der Waals surface area contributed by atoms with Gasteiger partial charge in [-0.3, -0.25) is 9.79 Å². The predicted molar refractivity (Wildman–Crippen MR) is 124 cm³/mol. The van der Waals surface area contributed by atoms with Crippen LogP contribution >= 0.6 is 24.0 Å². The summed E-state index contributed by atoms with van der Waals surface area (Å²) in [6.07, 6.45) is 3.90. The number of hydrogen-bond donors (Lipinski definition) is 3. The molecule has 0 fully saturated rings. The fraction of sp³-hybridized carbons (Fsp3) is 0.429.